The standard InChI is InChI=1S/C15H17NO4S/c1-11-4-7-13(8-5-11)21(17,18)16-14-10-12(19-2)6-9-15(14)20-3/h4-10,16H,1-3H3. The van der Waals surface area contributed by atoms with Gasteiger partial charge in [-0.05, 0) is 31.2 Å². The lowest BCUT2D eigenvalue weighted by Crippen LogP contribution is -2.13. The van der Waals surface area contributed by atoms with Gasteiger partial charge < -0.3 is 9.47 Å². The molecule has 6 heteroatoms. The summed E-state index contributed by atoms with van der Waals surface area (Å²) >= 11 is 0. The van der Waals surface area contributed by atoms with Crippen molar-refractivity contribution < 1.29 is 17.9 Å². The Hall–Kier alpha value is -2.21. The van der Waals surface area contributed by atoms with E-state index in [1.165, 1.54) is 14.2 Å². The summed E-state index contributed by atoms with van der Waals surface area (Å²) in [7, 11) is -0.682. The number of hydrogen-bond acceptors (Lipinski definition) is 4. The Morgan fingerprint density at radius 1 is 0.952 bits per heavy atom. The molecule has 2 aromatic carbocycles. The number of benzene rings is 2. The zero-order chi connectivity index (χ0) is 15.5. The van der Waals surface area contributed by atoms with Crippen LogP contribution in [0.1, 0.15) is 5.56 Å². The van der Waals surface area contributed by atoms with Gasteiger partial charge in [-0.15, -0.1) is 0 Å². The first-order valence-electron chi connectivity index (χ1n) is 6.28. The van der Waals surface area contributed by atoms with Crippen LogP contribution in [0.15, 0.2) is 47.4 Å². The molecule has 0 saturated carbocycles. The minimum absolute atomic E-state index is 0.193. The number of ether oxygens (including phenoxy) is 2. The van der Waals surface area contributed by atoms with Gasteiger partial charge in [0.1, 0.15) is 11.5 Å². The lowest BCUT2D eigenvalue weighted by molar-refractivity contribution is 0.405. The van der Waals surface area contributed by atoms with Crippen LogP contribution in [0, 0.1) is 6.92 Å². The summed E-state index contributed by atoms with van der Waals surface area (Å²) in [6.45, 7) is 1.90. The largest absolute Gasteiger partial charge is 0.497 e. The van der Waals surface area contributed by atoms with Crippen molar-refractivity contribution in [3.8, 4) is 11.5 Å². The van der Waals surface area contributed by atoms with Crippen LogP contribution in [-0.4, -0.2) is 22.6 Å². The number of rotatable bonds is 5. The van der Waals surface area contributed by atoms with Crippen molar-refractivity contribution in [1.82, 2.24) is 0 Å². The second-order valence-corrected chi connectivity index (χ2v) is 6.17. The smallest absolute Gasteiger partial charge is 0.262 e. The van der Waals surface area contributed by atoms with E-state index in [9.17, 15) is 8.42 Å². The molecule has 0 fully saturated rings. The van der Waals surface area contributed by atoms with Crippen LogP contribution in [0.3, 0.4) is 0 Å². The van der Waals surface area contributed by atoms with E-state index >= 15 is 0 Å². The lowest BCUT2D eigenvalue weighted by Gasteiger charge is -2.13. The predicted molar refractivity (Wildman–Crippen MR) is 81.5 cm³/mol. The Balaban J connectivity index is 2.38. The van der Waals surface area contributed by atoms with Crippen LogP contribution in [0.4, 0.5) is 5.69 Å². The van der Waals surface area contributed by atoms with E-state index in [2.05, 4.69) is 4.72 Å². The van der Waals surface area contributed by atoms with Gasteiger partial charge in [0.2, 0.25) is 0 Å². The molecule has 2 rings (SSSR count). The highest BCUT2D eigenvalue weighted by Gasteiger charge is 2.16. The minimum Gasteiger partial charge on any atom is -0.497 e. The van der Waals surface area contributed by atoms with Crippen molar-refractivity contribution in [2.24, 2.45) is 0 Å². The van der Waals surface area contributed by atoms with Crippen LogP contribution in [0.2, 0.25) is 0 Å². The molecular weight excluding hydrogens is 290 g/mol. The number of anilines is 1. The van der Waals surface area contributed by atoms with Gasteiger partial charge in [-0.3, -0.25) is 4.72 Å². The van der Waals surface area contributed by atoms with Crippen LogP contribution in [0.25, 0.3) is 0 Å². The zero-order valence-corrected chi connectivity index (χ0v) is 12.9. The molecule has 0 saturated heterocycles. The van der Waals surface area contributed by atoms with Gasteiger partial charge in [0, 0.05) is 6.07 Å². The molecular formula is C15H17NO4S. The summed E-state index contributed by atoms with van der Waals surface area (Å²) in [5.74, 6) is 0.962. The molecule has 21 heavy (non-hydrogen) atoms. The number of aryl methyl sites for hydroxylation is 1. The molecule has 0 aliphatic heterocycles. The molecule has 2 aromatic rings. The molecule has 0 aliphatic rings. The molecule has 0 amide bonds. The lowest BCUT2D eigenvalue weighted by atomic mass is 10.2. The summed E-state index contributed by atoms with van der Waals surface area (Å²) in [5, 5.41) is 0. The molecule has 112 valence electrons. The minimum atomic E-state index is -3.67. The Kier molecular flexibility index (Phi) is 4.37. The third kappa shape index (κ3) is 3.46. The van der Waals surface area contributed by atoms with E-state index in [-0.39, 0.29) is 4.90 Å². The van der Waals surface area contributed by atoms with Gasteiger partial charge in [0.25, 0.3) is 10.0 Å². The molecule has 5 nitrogen and oxygen atoms in total. The fourth-order valence-corrected chi connectivity index (χ4v) is 2.88. The Morgan fingerprint density at radius 3 is 2.19 bits per heavy atom. The third-order valence-electron chi connectivity index (χ3n) is 2.98. The van der Waals surface area contributed by atoms with Crippen LogP contribution < -0.4 is 14.2 Å². The summed E-state index contributed by atoms with van der Waals surface area (Å²) < 4.78 is 37.5. The van der Waals surface area contributed by atoms with E-state index in [4.69, 9.17) is 9.47 Å². The van der Waals surface area contributed by atoms with Crippen molar-refractivity contribution in [2.75, 3.05) is 18.9 Å². The molecule has 0 bridgehead atoms. The highest BCUT2D eigenvalue weighted by Crippen LogP contribution is 2.30. The molecule has 0 unspecified atom stereocenters. The molecule has 0 spiro atoms. The fourth-order valence-electron chi connectivity index (χ4n) is 1.81. The van der Waals surface area contributed by atoms with Crippen molar-refractivity contribution in [2.45, 2.75) is 11.8 Å². The van der Waals surface area contributed by atoms with Gasteiger partial charge in [-0.25, -0.2) is 8.42 Å². The number of hydrogen-bond donors (Lipinski definition) is 1. The second-order valence-electron chi connectivity index (χ2n) is 4.48. The first kappa shape index (κ1) is 15.2. The van der Waals surface area contributed by atoms with Crippen molar-refractivity contribution in [3.05, 3.63) is 48.0 Å². The first-order chi connectivity index (χ1) is 9.96. The topological polar surface area (TPSA) is 64.6 Å². The van der Waals surface area contributed by atoms with E-state index in [0.717, 1.165) is 5.56 Å². The van der Waals surface area contributed by atoms with E-state index in [1.807, 2.05) is 6.92 Å². The van der Waals surface area contributed by atoms with Gasteiger partial charge >= 0.3 is 0 Å². The van der Waals surface area contributed by atoms with E-state index in [0.29, 0.717) is 17.2 Å². The maximum absolute atomic E-state index is 12.4. The summed E-state index contributed by atoms with van der Waals surface area (Å²) in [6.07, 6.45) is 0. The molecule has 1 N–H and O–H groups in total. The monoisotopic (exact) mass is 307 g/mol. The van der Waals surface area contributed by atoms with Gasteiger partial charge in [0.15, 0.2) is 0 Å². The second kappa shape index (κ2) is 6.05. The maximum Gasteiger partial charge on any atom is 0.262 e. The van der Waals surface area contributed by atoms with Gasteiger partial charge in [-0.1, -0.05) is 17.7 Å². The Morgan fingerprint density at radius 2 is 1.62 bits per heavy atom. The quantitative estimate of drug-likeness (QED) is 0.922. The summed E-state index contributed by atoms with van der Waals surface area (Å²) in [6, 6.07) is 11.5. The first-order valence-corrected chi connectivity index (χ1v) is 7.76. The van der Waals surface area contributed by atoms with E-state index in [1.54, 1.807) is 42.5 Å². The molecule has 0 aromatic heterocycles. The third-order valence-corrected chi connectivity index (χ3v) is 4.36. The SMILES string of the molecule is COc1ccc(OC)c(NS(=O)(=O)c2ccc(C)cc2)c1. The van der Waals surface area contributed by atoms with Gasteiger partial charge in [0.05, 0.1) is 24.8 Å². The number of nitrogens with one attached hydrogen (secondary N) is 1. The highest BCUT2D eigenvalue weighted by atomic mass is 32.2. The molecule has 0 atom stereocenters. The van der Waals surface area contributed by atoms with Crippen molar-refractivity contribution in [3.63, 3.8) is 0 Å². The van der Waals surface area contributed by atoms with Gasteiger partial charge in [-0.2, -0.15) is 0 Å². The van der Waals surface area contributed by atoms with Crippen LogP contribution >= 0.6 is 0 Å². The predicted octanol–water partition coefficient (Wildman–Crippen LogP) is 2.81. The summed E-state index contributed by atoms with van der Waals surface area (Å²) in [4.78, 5) is 0.193. The number of sulfonamides is 1. The fraction of sp³-hybridized carbons (Fsp3) is 0.200. The van der Waals surface area contributed by atoms with Crippen LogP contribution in [0.5, 0.6) is 11.5 Å². The molecule has 0 aliphatic carbocycles. The van der Waals surface area contributed by atoms with Crippen LogP contribution in [-0.2, 0) is 10.0 Å². The maximum atomic E-state index is 12.4. The zero-order valence-electron chi connectivity index (χ0n) is 12.1. The summed E-state index contributed by atoms with van der Waals surface area (Å²) in [5.41, 5.74) is 1.32. The number of methoxy groups -OCH3 is 2. The van der Waals surface area contributed by atoms with Crippen molar-refractivity contribution in [1.29, 1.82) is 0 Å². The average molecular weight is 307 g/mol. The highest BCUT2D eigenvalue weighted by molar-refractivity contribution is 7.92. The average Bonchev–Trinajstić information content (AvgIpc) is 2.47. The Labute approximate surface area is 124 Å². The molecule has 0 heterocycles. The normalized spacial score (nSPS) is 11.0. The van der Waals surface area contributed by atoms with Crippen molar-refractivity contribution >= 4 is 15.7 Å². The molecule has 0 radical (unpaired) electrons. The Bertz CT molecular complexity index is 724. The van der Waals surface area contributed by atoms with E-state index < -0.39 is 10.0 Å².